The van der Waals surface area contributed by atoms with Crippen molar-refractivity contribution >= 4 is 11.9 Å². The molecule has 0 aromatic carbocycles. The third kappa shape index (κ3) is 2.63. The van der Waals surface area contributed by atoms with Crippen LogP contribution in [0.1, 0.15) is 22.1 Å². The van der Waals surface area contributed by atoms with E-state index in [4.69, 9.17) is 4.74 Å². The molecule has 2 rings (SSSR count). The first kappa shape index (κ1) is 12.0. The van der Waals surface area contributed by atoms with Gasteiger partial charge in [0.2, 0.25) is 0 Å². The second-order valence-corrected chi connectivity index (χ2v) is 3.71. The molecule has 0 aliphatic carbocycles. The lowest BCUT2D eigenvalue weighted by Crippen LogP contribution is -2.28. The average Bonchev–Trinajstić information content (AvgIpc) is 2.92. The van der Waals surface area contributed by atoms with E-state index in [2.05, 4.69) is 4.98 Å². The lowest BCUT2D eigenvalue weighted by atomic mass is 10.3. The Morgan fingerprint density at radius 3 is 2.44 bits per heavy atom. The molecule has 0 saturated heterocycles. The van der Waals surface area contributed by atoms with Crippen LogP contribution in [0.5, 0.6) is 0 Å². The van der Waals surface area contributed by atoms with Crippen molar-refractivity contribution < 1.29 is 14.3 Å². The van der Waals surface area contributed by atoms with Gasteiger partial charge in [-0.25, -0.2) is 4.79 Å². The SMILES string of the molecule is CC(OC(=O)c1ccncc1)C(=O)n1cccc1. The van der Waals surface area contributed by atoms with Crippen molar-refractivity contribution in [2.24, 2.45) is 0 Å². The minimum Gasteiger partial charge on any atom is -0.449 e. The van der Waals surface area contributed by atoms with Crippen molar-refractivity contribution in [2.75, 3.05) is 0 Å². The molecular weight excluding hydrogens is 232 g/mol. The number of pyridine rings is 1. The molecule has 0 amide bonds. The zero-order chi connectivity index (χ0) is 13.0. The van der Waals surface area contributed by atoms with E-state index in [1.165, 1.54) is 29.1 Å². The van der Waals surface area contributed by atoms with Gasteiger partial charge in [0.1, 0.15) is 0 Å². The first-order valence-corrected chi connectivity index (χ1v) is 5.46. The van der Waals surface area contributed by atoms with Gasteiger partial charge in [-0.15, -0.1) is 0 Å². The topological polar surface area (TPSA) is 61.2 Å². The number of hydrogen-bond donors (Lipinski definition) is 0. The molecule has 0 fully saturated rings. The van der Waals surface area contributed by atoms with Crippen LogP contribution in [0.3, 0.4) is 0 Å². The quantitative estimate of drug-likeness (QED) is 0.772. The number of esters is 1. The van der Waals surface area contributed by atoms with Gasteiger partial charge in [0.25, 0.3) is 5.91 Å². The minimum atomic E-state index is -0.835. The molecule has 0 N–H and O–H groups in total. The van der Waals surface area contributed by atoms with Gasteiger partial charge < -0.3 is 4.74 Å². The Labute approximate surface area is 104 Å². The smallest absolute Gasteiger partial charge is 0.339 e. The van der Waals surface area contributed by atoms with E-state index in [0.717, 1.165) is 0 Å². The molecule has 1 atom stereocenters. The third-order valence-corrected chi connectivity index (χ3v) is 2.41. The van der Waals surface area contributed by atoms with Crippen LogP contribution in [0.4, 0.5) is 0 Å². The molecule has 0 aliphatic heterocycles. The van der Waals surface area contributed by atoms with Crippen LogP contribution in [0, 0.1) is 0 Å². The lowest BCUT2D eigenvalue weighted by Gasteiger charge is -2.12. The van der Waals surface area contributed by atoms with Gasteiger partial charge in [0.05, 0.1) is 5.56 Å². The molecule has 0 saturated carbocycles. The number of carbonyl (C=O) groups excluding carboxylic acids is 2. The molecule has 2 aromatic rings. The van der Waals surface area contributed by atoms with E-state index >= 15 is 0 Å². The zero-order valence-corrected chi connectivity index (χ0v) is 9.82. The van der Waals surface area contributed by atoms with Gasteiger partial charge in [-0.3, -0.25) is 14.3 Å². The van der Waals surface area contributed by atoms with Crippen molar-refractivity contribution in [1.82, 2.24) is 9.55 Å². The summed E-state index contributed by atoms with van der Waals surface area (Å²) in [6.45, 7) is 1.54. The van der Waals surface area contributed by atoms with Crippen LogP contribution in [-0.4, -0.2) is 27.5 Å². The zero-order valence-electron chi connectivity index (χ0n) is 9.82. The summed E-state index contributed by atoms with van der Waals surface area (Å²) in [5, 5.41) is 0. The Morgan fingerprint density at radius 1 is 1.22 bits per heavy atom. The fourth-order valence-corrected chi connectivity index (χ4v) is 1.46. The van der Waals surface area contributed by atoms with Gasteiger partial charge in [0, 0.05) is 24.8 Å². The maximum atomic E-state index is 11.8. The van der Waals surface area contributed by atoms with E-state index in [-0.39, 0.29) is 5.91 Å². The highest BCUT2D eigenvalue weighted by Crippen LogP contribution is 2.05. The average molecular weight is 244 g/mol. The summed E-state index contributed by atoms with van der Waals surface area (Å²) in [6.07, 6.45) is 5.38. The molecule has 2 aromatic heterocycles. The van der Waals surface area contributed by atoms with Crippen molar-refractivity contribution in [2.45, 2.75) is 13.0 Å². The Bertz CT molecular complexity index is 535. The van der Waals surface area contributed by atoms with Crippen molar-refractivity contribution in [3.63, 3.8) is 0 Å². The Hall–Kier alpha value is -2.43. The van der Waals surface area contributed by atoms with E-state index in [9.17, 15) is 9.59 Å². The summed E-state index contributed by atoms with van der Waals surface area (Å²) in [5.74, 6) is -0.826. The summed E-state index contributed by atoms with van der Waals surface area (Å²) < 4.78 is 6.46. The first-order valence-electron chi connectivity index (χ1n) is 5.46. The van der Waals surface area contributed by atoms with Gasteiger partial charge in [-0.05, 0) is 31.2 Å². The van der Waals surface area contributed by atoms with Gasteiger partial charge >= 0.3 is 5.97 Å². The number of hydrogen-bond acceptors (Lipinski definition) is 4. The van der Waals surface area contributed by atoms with Crippen molar-refractivity contribution in [3.8, 4) is 0 Å². The molecular formula is C13H12N2O3. The van der Waals surface area contributed by atoms with Crippen molar-refractivity contribution in [1.29, 1.82) is 0 Å². The summed E-state index contributed by atoms with van der Waals surface area (Å²) in [5.41, 5.74) is 0.372. The summed E-state index contributed by atoms with van der Waals surface area (Å²) in [6, 6.07) is 6.54. The first-order chi connectivity index (χ1) is 8.68. The molecule has 0 bridgehead atoms. The summed E-state index contributed by atoms with van der Waals surface area (Å²) in [7, 11) is 0. The van der Waals surface area contributed by atoms with Gasteiger partial charge in [-0.2, -0.15) is 0 Å². The second kappa shape index (κ2) is 5.27. The summed E-state index contributed by atoms with van der Waals surface area (Å²) >= 11 is 0. The van der Waals surface area contributed by atoms with E-state index in [1.54, 1.807) is 31.5 Å². The van der Waals surface area contributed by atoms with Crippen LogP contribution in [0.15, 0.2) is 49.1 Å². The Kier molecular flexibility index (Phi) is 3.52. The lowest BCUT2D eigenvalue weighted by molar-refractivity contribution is 0.0284. The molecule has 5 nitrogen and oxygen atoms in total. The molecule has 0 spiro atoms. The summed E-state index contributed by atoms with van der Waals surface area (Å²) in [4.78, 5) is 27.4. The molecule has 2 heterocycles. The van der Waals surface area contributed by atoms with E-state index in [1.807, 2.05) is 0 Å². The Morgan fingerprint density at radius 2 is 1.83 bits per heavy atom. The Balaban J connectivity index is 2.02. The van der Waals surface area contributed by atoms with Crippen LogP contribution >= 0.6 is 0 Å². The second-order valence-electron chi connectivity index (χ2n) is 3.71. The minimum absolute atomic E-state index is 0.289. The van der Waals surface area contributed by atoms with Gasteiger partial charge in [-0.1, -0.05) is 0 Å². The molecule has 5 heteroatoms. The predicted octanol–water partition coefficient (Wildman–Crippen LogP) is 1.77. The van der Waals surface area contributed by atoms with Gasteiger partial charge in [0.15, 0.2) is 6.10 Å². The fourth-order valence-electron chi connectivity index (χ4n) is 1.46. The molecule has 0 aliphatic rings. The largest absolute Gasteiger partial charge is 0.449 e. The monoisotopic (exact) mass is 244 g/mol. The van der Waals surface area contributed by atoms with E-state index in [0.29, 0.717) is 5.56 Å². The number of carbonyl (C=O) groups is 2. The molecule has 92 valence electrons. The number of rotatable bonds is 3. The van der Waals surface area contributed by atoms with Crippen molar-refractivity contribution in [3.05, 3.63) is 54.6 Å². The molecule has 0 radical (unpaired) electrons. The van der Waals surface area contributed by atoms with Crippen LogP contribution in [-0.2, 0) is 4.74 Å². The highest BCUT2D eigenvalue weighted by atomic mass is 16.5. The predicted molar refractivity (Wildman–Crippen MR) is 64.2 cm³/mol. The van der Waals surface area contributed by atoms with Crippen LogP contribution < -0.4 is 0 Å². The molecule has 1 unspecified atom stereocenters. The number of nitrogens with zero attached hydrogens (tertiary/aromatic N) is 2. The third-order valence-electron chi connectivity index (χ3n) is 2.41. The standard InChI is InChI=1S/C13H12N2O3/c1-10(12(16)15-8-2-3-9-15)18-13(17)11-4-6-14-7-5-11/h2-10H,1H3. The van der Waals surface area contributed by atoms with Crippen LogP contribution in [0.25, 0.3) is 0 Å². The molecule has 18 heavy (non-hydrogen) atoms. The number of ether oxygens (including phenoxy) is 1. The maximum absolute atomic E-state index is 11.8. The number of aromatic nitrogens is 2. The highest BCUT2D eigenvalue weighted by molar-refractivity contribution is 5.92. The van der Waals surface area contributed by atoms with Crippen LogP contribution in [0.2, 0.25) is 0 Å². The normalized spacial score (nSPS) is 11.8. The highest BCUT2D eigenvalue weighted by Gasteiger charge is 2.19. The maximum Gasteiger partial charge on any atom is 0.339 e. The van der Waals surface area contributed by atoms with E-state index < -0.39 is 12.1 Å². The fraction of sp³-hybridized carbons (Fsp3) is 0.154.